The van der Waals surface area contributed by atoms with E-state index in [2.05, 4.69) is 20.7 Å². The third kappa shape index (κ3) is 3.24. The van der Waals surface area contributed by atoms with Gasteiger partial charge < -0.3 is 5.73 Å². The number of halogens is 2. The average molecular weight is 345 g/mol. The zero-order valence-electron chi connectivity index (χ0n) is 9.60. The predicted molar refractivity (Wildman–Crippen MR) is 75.8 cm³/mol. The molecule has 0 spiro atoms. The fourth-order valence-electron chi connectivity index (χ4n) is 1.46. The van der Waals surface area contributed by atoms with Crippen LogP contribution >= 0.6 is 15.9 Å². The molecule has 2 rings (SSSR count). The van der Waals surface area contributed by atoms with Crippen molar-refractivity contribution >= 4 is 37.3 Å². The summed E-state index contributed by atoms with van der Waals surface area (Å²) >= 11 is 3.24. The van der Waals surface area contributed by atoms with Gasteiger partial charge in [0.2, 0.25) is 0 Å². The monoisotopic (exact) mass is 344 g/mol. The molecule has 0 heterocycles. The van der Waals surface area contributed by atoms with Gasteiger partial charge >= 0.3 is 0 Å². The second-order valence-electron chi connectivity index (χ2n) is 3.80. The van der Waals surface area contributed by atoms with E-state index in [1.165, 1.54) is 6.07 Å². The standard InChI is InChI=1S/C12H10BrFN2O2S/c13-8-1-4-10(5-2-8)16-19(17,18)12-6-3-9(15)7-11(12)14/h1-7,16H,15H2. The van der Waals surface area contributed by atoms with Gasteiger partial charge in [-0.05, 0) is 42.5 Å². The van der Waals surface area contributed by atoms with Crippen molar-refractivity contribution in [2.45, 2.75) is 4.90 Å². The number of sulfonamides is 1. The molecule has 7 heteroatoms. The zero-order chi connectivity index (χ0) is 14.0. The number of benzene rings is 2. The predicted octanol–water partition coefficient (Wildman–Crippen LogP) is 2.97. The van der Waals surface area contributed by atoms with Crippen molar-refractivity contribution in [3.63, 3.8) is 0 Å². The molecule has 3 N–H and O–H groups in total. The van der Waals surface area contributed by atoms with Crippen LogP contribution in [0.5, 0.6) is 0 Å². The normalized spacial score (nSPS) is 11.3. The molecule has 0 amide bonds. The minimum atomic E-state index is -3.97. The minimum absolute atomic E-state index is 0.167. The molecule has 0 aliphatic heterocycles. The molecule has 2 aromatic rings. The van der Waals surface area contributed by atoms with Crippen LogP contribution in [0.2, 0.25) is 0 Å². The van der Waals surface area contributed by atoms with Crippen LogP contribution in [0.25, 0.3) is 0 Å². The Hall–Kier alpha value is -1.60. The Morgan fingerprint density at radius 2 is 1.74 bits per heavy atom. The van der Waals surface area contributed by atoms with E-state index in [0.717, 1.165) is 16.6 Å². The Bertz CT molecular complexity index is 702. The molecule has 19 heavy (non-hydrogen) atoms. The third-order valence-corrected chi connectivity index (χ3v) is 4.29. The first-order valence-corrected chi connectivity index (χ1v) is 7.49. The first-order chi connectivity index (χ1) is 8.88. The Morgan fingerprint density at radius 3 is 2.32 bits per heavy atom. The highest BCUT2D eigenvalue weighted by molar-refractivity contribution is 9.10. The summed E-state index contributed by atoms with van der Waals surface area (Å²) < 4.78 is 40.7. The largest absolute Gasteiger partial charge is 0.399 e. The number of rotatable bonds is 3. The SMILES string of the molecule is Nc1ccc(S(=O)(=O)Nc2ccc(Br)cc2)c(F)c1. The van der Waals surface area contributed by atoms with Gasteiger partial charge in [-0.25, -0.2) is 12.8 Å². The Labute approximate surface area is 118 Å². The highest BCUT2D eigenvalue weighted by Gasteiger charge is 2.19. The molecule has 0 radical (unpaired) electrons. The van der Waals surface area contributed by atoms with Crippen LogP contribution in [-0.4, -0.2) is 8.42 Å². The fraction of sp³-hybridized carbons (Fsp3) is 0. The first-order valence-electron chi connectivity index (χ1n) is 5.22. The maximum atomic E-state index is 13.6. The molecule has 100 valence electrons. The van der Waals surface area contributed by atoms with Crippen LogP contribution in [0.1, 0.15) is 0 Å². The molecule has 0 aromatic heterocycles. The number of hydrogen-bond acceptors (Lipinski definition) is 3. The van der Waals surface area contributed by atoms with Crippen LogP contribution in [-0.2, 0) is 10.0 Å². The molecule has 0 saturated carbocycles. The molecule has 0 atom stereocenters. The van der Waals surface area contributed by atoms with Gasteiger partial charge in [0.15, 0.2) is 0 Å². The van der Waals surface area contributed by atoms with E-state index < -0.39 is 20.7 Å². The van der Waals surface area contributed by atoms with Gasteiger partial charge in [-0.15, -0.1) is 0 Å². The van der Waals surface area contributed by atoms with E-state index in [1.54, 1.807) is 24.3 Å². The van der Waals surface area contributed by atoms with Crippen molar-refractivity contribution in [2.75, 3.05) is 10.5 Å². The lowest BCUT2D eigenvalue weighted by Gasteiger charge is -2.09. The molecule has 0 saturated heterocycles. The Kier molecular flexibility index (Phi) is 3.77. The van der Waals surface area contributed by atoms with Gasteiger partial charge in [0, 0.05) is 15.8 Å². The number of nitrogens with one attached hydrogen (secondary N) is 1. The zero-order valence-corrected chi connectivity index (χ0v) is 12.0. The van der Waals surface area contributed by atoms with Crippen molar-refractivity contribution in [3.05, 3.63) is 52.8 Å². The fourth-order valence-corrected chi connectivity index (χ4v) is 2.85. The highest BCUT2D eigenvalue weighted by Crippen LogP contribution is 2.21. The molecule has 0 bridgehead atoms. The molecule has 0 aliphatic carbocycles. The number of nitrogen functional groups attached to an aromatic ring is 1. The molecule has 0 aliphatic rings. The van der Waals surface area contributed by atoms with E-state index in [0.29, 0.717) is 5.69 Å². The molecule has 4 nitrogen and oxygen atoms in total. The van der Waals surface area contributed by atoms with Gasteiger partial charge in [0.1, 0.15) is 10.7 Å². The number of nitrogens with two attached hydrogens (primary N) is 1. The maximum Gasteiger partial charge on any atom is 0.264 e. The summed E-state index contributed by atoms with van der Waals surface area (Å²) in [5, 5.41) is 0. The number of hydrogen-bond donors (Lipinski definition) is 2. The van der Waals surface area contributed by atoms with Crippen molar-refractivity contribution in [3.8, 4) is 0 Å². The summed E-state index contributed by atoms with van der Waals surface area (Å²) in [6.45, 7) is 0. The lowest BCUT2D eigenvalue weighted by atomic mass is 10.3. The van der Waals surface area contributed by atoms with Gasteiger partial charge in [0.25, 0.3) is 10.0 Å². The molecular formula is C12H10BrFN2O2S. The quantitative estimate of drug-likeness (QED) is 0.840. The first kappa shape index (κ1) is 13.8. The topological polar surface area (TPSA) is 72.2 Å². The molecule has 2 aromatic carbocycles. The van der Waals surface area contributed by atoms with Gasteiger partial charge in [0.05, 0.1) is 0 Å². The van der Waals surface area contributed by atoms with Crippen LogP contribution < -0.4 is 10.5 Å². The van der Waals surface area contributed by atoms with Crippen LogP contribution in [0.4, 0.5) is 15.8 Å². The summed E-state index contributed by atoms with van der Waals surface area (Å²) in [6, 6.07) is 9.92. The summed E-state index contributed by atoms with van der Waals surface area (Å²) in [7, 11) is -3.97. The van der Waals surface area contributed by atoms with E-state index >= 15 is 0 Å². The van der Waals surface area contributed by atoms with Crippen LogP contribution in [0, 0.1) is 5.82 Å². The van der Waals surface area contributed by atoms with Crippen molar-refractivity contribution < 1.29 is 12.8 Å². The van der Waals surface area contributed by atoms with E-state index in [-0.39, 0.29) is 5.69 Å². The highest BCUT2D eigenvalue weighted by atomic mass is 79.9. The third-order valence-electron chi connectivity index (χ3n) is 2.34. The second-order valence-corrected chi connectivity index (χ2v) is 6.37. The summed E-state index contributed by atoms with van der Waals surface area (Å²) in [6.07, 6.45) is 0. The van der Waals surface area contributed by atoms with Crippen molar-refractivity contribution in [2.24, 2.45) is 0 Å². The lowest BCUT2D eigenvalue weighted by molar-refractivity contribution is 0.571. The van der Waals surface area contributed by atoms with Crippen molar-refractivity contribution in [1.82, 2.24) is 0 Å². The lowest BCUT2D eigenvalue weighted by Crippen LogP contribution is -2.14. The minimum Gasteiger partial charge on any atom is -0.399 e. The van der Waals surface area contributed by atoms with Gasteiger partial charge in [-0.2, -0.15) is 0 Å². The second kappa shape index (κ2) is 5.18. The van der Waals surface area contributed by atoms with E-state index in [1.807, 2.05) is 0 Å². The average Bonchev–Trinajstić information content (AvgIpc) is 2.31. The van der Waals surface area contributed by atoms with Gasteiger partial charge in [-0.1, -0.05) is 15.9 Å². The molecule has 0 unspecified atom stereocenters. The number of anilines is 2. The molecular weight excluding hydrogens is 335 g/mol. The Morgan fingerprint density at radius 1 is 1.11 bits per heavy atom. The summed E-state index contributed by atoms with van der Waals surface area (Å²) in [5.74, 6) is -0.885. The smallest absolute Gasteiger partial charge is 0.264 e. The van der Waals surface area contributed by atoms with Gasteiger partial charge in [-0.3, -0.25) is 4.72 Å². The van der Waals surface area contributed by atoms with Crippen molar-refractivity contribution in [1.29, 1.82) is 0 Å². The maximum absolute atomic E-state index is 13.6. The summed E-state index contributed by atoms with van der Waals surface area (Å²) in [4.78, 5) is -0.440. The Balaban J connectivity index is 2.35. The van der Waals surface area contributed by atoms with E-state index in [4.69, 9.17) is 5.73 Å². The van der Waals surface area contributed by atoms with E-state index in [9.17, 15) is 12.8 Å². The summed E-state index contributed by atoms with van der Waals surface area (Å²) in [5.41, 5.74) is 5.89. The van der Waals surface area contributed by atoms with Crippen LogP contribution in [0.3, 0.4) is 0 Å². The van der Waals surface area contributed by atoms with Crippen LogP contribution in [0.15, 0.2) is 51.8 Å². The molecule has 0 fully saturated rings.